The fraction of sp³-hybridized carbons (Fsp3) is 0.294. The molecule has 7 heteroatoms. The summed E-state index contributed by atoms with van der Waals surface area (Å²) in [4.78, 5) is 23.0. The fourth-order valence-electron chi connectivity index (χ4n) is 3.17. The number of fused-ring (bicyclic) bond motifs is 1. The van der Waals surface area contributed by atoms with Gasteiger partial charge >= 0.3 is 0 Å². The van der Waals surface area contributed by atoms with Crippen molar-refractivity contribution in [3.8, 4) is 0 Å². The maximum atomic E-state index is 13.1. The van der Waals surface area contributed by atoms with Gasteiger partial charge in [0, 0.05) is 18.4 Å². The van der Waals surface area contributed by atoms with Gasteiger partial charge in [0.15, 0.2) is 0 Å². The number of carbonyl (C=O) groups excluding carboxylic acids is 1. The Balaban J connectivity index is 1.66. The van der Waals surface area contributed by atoms with Crippen LogP contribution < -0.4 is 0 Å². The molecule has 3 aromatic rings. The van der Waals surface area contributed by atoms with Gasteiger partial charge in [0.2, 0.25) is 5.82 Å². The van der Waals surface area contributed by atoms with Crippen molar-refractivity contribution in [1.29, 1.82) is 0 Å². The van der Waals surface area contributed by atoms with Crippen molar-refractivity contribution >= 4 is 11.7 Å². The topological polar surface area (TPSA) is 63.4 Å². The van der Waals surface area contributed by atoms with Gasteiger partial charge in [-0.2, -0.15) is 4.98 Å². The monoisotopic (exact) mass is 325 g/mol. The molecule has 0 radical (unpaired) electrons. The molecule has 1 aliphatic rings. The number of nitrogens with zero attached hydrogens (tertiary/aromatic N) is 5. The van der Waals surface area contributed by atoms with Gasteiger partial charge in [-0.05, 0) is 43.5 Å². The van der Waals surface area contributed by atoms with E-state index in [0.717, 1.165) is 24.1 Å². The second-order valence-corrected chi connectivity index (χ2v) is 5.94. The Kier molecular flexibility index (Phi) is 3.48. The molecule has 0 spiro atoms. The van der Waals surface area contributed by atoms with Crippen molar-refractivity contribution in [3.05, 3.63) is 59.4 Å². The summed E-state index contributed by atoms with van der Waals surface area (Å²) in [6.07, 6.45) is 3.39. The molecule has 4 rings (SSSR count). The zero-order valence-electron chi connectivity index (χ0n) is 13.2. The van der Waals surface area contributed by atoms with Crippen molar-refractivity contribution in [3.63, 3.8) is 0 Å². The van der Waals surface area contributed by atoms with Gasteiger partial charge in [-0.25, -0.2) is 13.9 Å². The number of benzene rings is 1. The third kappa shape index (κ3) is 2.42. The number of likely N-dealkylation sites (tertiary alicyclic amines) is 1. The summed E-state index contributed by atoms with van der Waals surface area (Å²) in [6.45, 7) is 2.53. The summed E-state index contributed by atoms with van der Waals surface area (Å²) in [5.41, 5.74) is 1.79. The van der Waals surface area contributed by atoms with Gasteiger partial charge in [0.25, 0.3) is 11.7 Å². The summed E-state index contributed by atoms with van der Waals surface area (Å²) < 4.78 is 14.7. The smallest absolute Gasteiger partial charge is 0.294 e. The fourth-order valence-corrected chi connectivity index (χ4v) is 3.17. The first kappa shape index (κ1) is 14.7. The minimum atomic E-state index is -0.279. The van der Waals surface area contributed by atoms with Crippen molar-refractivity contribution in [2.24, 2.45) is 0 Å². The molecule has 0 saturated carbocycles. The SMILES string of the molecule is Cc1ccnc2nc(C(=O)N3CCCC3c3ccc(F)cc3)nn12. The number of amides is 1. The quantitative estimate of drug-likeness (QED) is 0.726. The van der Waals surface area contributed by atoms with E-state index in [0.29, 0.717) is 12.3 Å². The number of aryl methyl sites for hydroxylation is 1. The van der Waals surface area contributed by atoms with Crippen LogP contribution in [0.25, 0.3) is 5.78 Å². The lowest BCUT2D eigenvalue weighted by molar-refractivity contribution is 0.0723. The van der Waals surface area contributed by atoms with E-state index in [1.807, 2.05) is 13.0 Å². The summed E-state index contributed by atoms with van der Waals surface area (Å²) in [7, 11) is 0. The number of hydrogen-bond donors (Lipinski definition) is 0. The molecule has 24 heavy (non-hydrogen) atoms. The highest BCUT2D eigenvalue weighted by Crippen LogP contribution is 2.32. The summed E-state index contributed by atoms with van der Waals surface area (Å²) >= 11 is 0. The van der Waals surface area contributed by atoms with Gasteiger partial charge < -0.3 is 4.90 Å². The molecule has 1 aliphatic heterocycles. The van der Waals surface area contributed by atoms with E-state index < -0.39 is 0 Å². The molecule has 0 N–H and O–H groups in total. The Labute approximate surface area is 138 Å². The van der Waals surface area contributed by atoms with Crippen LogP contribution >= 0.6 is 0 Å². The molecule has 1 fully saturated rings. The number of aromatic nitrogens is 4. The van der Waals surface area contributed by atoms with E-state index in [1.54, 1.807) is 27.7 Å². The number of halogens is 1. The molecule has 0 aliphatic carbocycles. The molecule has 2 aromatic heterocycles. The van der Waals surface area contributed by atoms with E-state index in [-0.39, 0.29) is 23.6 Å². The van der Waals surface area contributed by atoms with Crippen LogP contribution in [-0.2, 0) is 0 Å². The average Bonchev–Trinajstić information content (AvgIpc) is 3.22. The van der Waals surface area contributed by atoms with Gasteiger partial charge in [-0.3, -0.25) is 4.79 Å². The Hall–Kier alpha value is -2.83. The maximum Gasteiger partial charge on any atom is 0.294 e. The van der Waals surface area contributed by atoms with Gasteiger partial charge in [0.1, 0.15) is 5.82 Å². The second-order valence-electron chi connectivity index (χ2n) is 5.94. The normalized spacial score (nSPS) is 17.6. The van der Waals surface area contributed by atoms with E-state index in [9.17, 15) is 9.18 Å². The van der Waals surface area contributed by atoms with Crippen LogP contribution in [0.1, 0.15) is 40.8 Å². The molecular weight excluding hydrogens is 309 g/mol. The third-order valence-electron chi connectivity index (χ3n) is 4.39. The summed E-state index contributed by atoms with van der Waals surface area (Å²) in [6, 6.07) is 8.05. The lowest BCUT2D eigenvalue weighted by Gasteiger charge is -2.23. The maximum absolute atomic E-state index is 13.1. The molecule has 1 amide bonds. The Bertz CT molecular complexity index is 905. The van der Waals surface area contributed by atoms with Crippen LogP contribution in [-0.4, -0.2) is 36.9 Å². The Morgan fingerprint density at radius 3 is 2.79 bits per heavy atom. The lowest BCUT2D eigenvalue weighted by atomic mass is 10.0. The highest BCUT2D eigenvalue weighted by Gasteiger charge is 2.32. The van der Waals surface area contributed by atoms with Gasteiger partial charge in [0.05, 0.1) is 6.04 Å². The minimum Gasteiger partial charge on any atom is -0.329 e. The third-order valence-corrected chi connectivity index (χ3v) is 4.39. The zero-order valence-corrected chi connectivity index (χ0v) is 13.2. The Morgan fingerprint density at radius 2 is 2.04 bits per heavy atom. The molecule has 1 saturated heterocycles. The number of carbonyl (C=O) groups is 1. The van der Waals surface area contributed by atoms with Crippen LogP contribution in [0, 0.1) is 12.7 Å². The summed E-state index contributed by atoms with van der Waals surface area (Å²) in [5.74, 6) is 0.0617. The molecular formula is C17H16FN5O. The van der Waals surface area contributed by atoms with Crippen molar-refractivity contribution in [2.45, 2.75) is 25.8 Å². The molecule has 3 heterocycles. The molecule has 0 bridgehead atoms. The van der Waals surface area contributed by atoms with Gasteiger partial charge in [-0.1, -0.05) is 12.1 Å². The van der Waals surface area contributed by atoms with E-state index in [2.05, 4.69) is 15.1 Å². The van der Waals surface area contributed by atoms with E-state index in [1.165, 1.54) is 12.1 Å². The van der Waals surface area contributed by atoms with Crippen LogP contribution in [0.5, 0.6) is 0 Å². The highest BCUT2D eigenvalue weighted by atomic mass is 19.1. The van der Waals surface area contributed by atoms with Crippen molar-refractivity contribution in [2.75, 3.05) is 6.54 Å². The first-order valence-electron chi connectivity index (χ1n) is 7.88. The lowest BCUT2D eigenvalue weighted by Crippen LogP contribution is -2.31. The largest absolute Gasteiger partial charge is 0.329 e. The van der Waals surface area contributed by atoms with Crippen LogP contribution in [0.15, 0.2) is 36.5 Å². The second kappa shape index (κ2) is 5.67. The van der Waals surface area contributed by atoms with Crippen LogP contribution in [0.4, 0.5) is 4.39 Å². The minimum absolute atomic E-state index is 0.0706. The van der Waals surface area contributed by atoms with Crippen LogP contribution in [0.2, 0.25) is 0 Å². The van der Waals surface area contributed by atoms with Crippen molar-refractivity contribution < 1.29 is 9.18 Å². The van der Waals surface area contributed by atoms with E-state index >= 15 is 0 Å². The van der Waals surface area contributed by atoms with E-state index in [4.69, 9.17) is 0 Å². The van der Waals surface area contributed by atoms with Crippen LogP contribution in [0.3, 0.4) is 0 Å². The van der Waals surface area contributed by atoms with Crippen molar-refractivity contribution in [1.82, 2.24) is 24.5 Å². The molecule has 1 unspecified atom stereocenters. The van der Waals surface area contributed by atoms with Gasteiger partial charge in [-0.15, -0.1) is 5.10 Å². The Morgan fingerprint density at radius 1 is 1.25 bits per heavy atom. The first-order chi connectivity index (χ1) is 11.6. The number of rotatable bonds is 2. The molecule has 122 valence electrons. The summed E-state index contributed by atoms with van der Waals surface area (Å²) in [5, 5.41) is 4.29. The zero-order chi connectivity index (χ0) is 16.7. The first-order valence-corrected chi connectivity index (χ1v) is 7.88. The molecule has 1 aromatic carbocycles. The average molecular weight is 325 g/mol. The predicted molar refractivity (Wildman–Crippen MR) is 84.9 cm³/mol. The molecule has 1 atom stereocenters. The molecule has 6 nitrogen and oxygen atoms in total. The standard InChI is InChI=1S/C17H16FN5O/c1-11-8-9-19-17-20-15(21-23(11)17)16(24)22-10-2-3-14(22)12-4-6-13(18)7-5-12/h4-9,14H,2-3,10H2,1H3. The number of hydrogen-bond acceptors (Lipinski definition) is 4. The highest BCUT2D eigenvalue weighted by molar-refractivity contribution is 5.91. The predicted octanol–water partition coefficient (Wildman–Crippen LogP) is 2.55.